The second kappa shape index (κ2) is 7.24. The molecule has 0 atom stereocenters. The van der Waals surface area contributed by atoms with Crippen molar-refractivity contribution >= 4 is 5.69 Å². The molecular weight excluding hydrogens is 206 g/mol. The van der Waals surface area contributed by atoms with Gasteiger partial charge in [0.05, 0.1) is 38.2 Å². The molecule has 1 aromatic heterocycles. The molecular formula is C11H21N3O2. The summed E-state index contributed by atoms with van der Waals surface area (Å²) in [5, 5.41) is 4.05. The number of anilines is 1. The first-order valence-electron chi connectivity index (χ1n) is 5.62. The molecule has 0 bridgehead atoms. The number of nitrogens with two attached hydrogens (primary N) is 1. The average molecular weight is 227 g/mol. The molecule has 0 aliphatic rings. The summed E-state index contributed by atoms with van der Waals surface area (Å²) in [4.78, 5) is 0. The van der Waals surface area contributed by atoms with E-state index in [0.29, 0.717) is 31.4 Å². The molecule has 0 aliphatic carbocycles. The Balaban J connectivity index is 1.92. The molecule has 16 heavy (non-hydrogen) atoms. The second-order valence-corrected chi connectivity index (χ2v) is 4.12. The van der Waals surface area contributed by atoms with Crippen LogP contribution < -0.4 is 5.73 Å². The molecule has 0 aromatic carbocycles. The van der Waals surface area contributed by atoms with Gasteiger partial charge >= 0.3 is 0 Å². The minimum absolute atomic E-state index is 0.576. The maximum absolute atomic E-state index is 5.53. The maximum Gasteiger partial charge on any atom is 0.0719 e. The number of nitrogen functional groups attached to an aromatic ring is 1. The third-order valence-electron chi connectivity index (χ3n) is 1.94. The van der Waals surface area contributed by atoms with Gasteiger partial charge < -0.3 is 15.2 Å². The van der Waals surface area contributed by atoms with Crippen LogP contribution in [0.5, 0.6) is 0 Å². The monoisotopic (exact) mass is 227 g/mol. The SMILES string of the molecule is CC(C)COCCOCCn1cc(N)cn1. The quantitative estimate of drug-likeness (QED) is 0.677. The lowest BCUT2D eigenvalue weighted by molar-refractivity contribution is 0.0346. The van der Waals surface area contributed by atoms with Crippen LogP contribution in [-0.2, 0) is 16.0 Å². The highest BCUT2D eigenvalue weighted by atomic mass is 16.5. The molecule has 5 heteroatoms. The second-order valence-electron chi connectivity index (χ2n) is 4.12. The van der Waals surface area contributed by atoms with Crippen molar-refractivity contribution in [3.05, 3.63) is 12.4 Å². The summed E-state index contributed by atoms with van der Waals surface area (Å²) in [6, 6.07) is 0. The van der Waals surface area contributed by atoms with E-state index in [2.05, 4.69) is 18.9 Å². The van der Waals surface area contributed by atoms with Gasteiger partial charge in [-0.15, -0.1) is 0 Å². The van der Waals surface area contributed by atoms with Crippen LogP contribution in [0.3, 0.4) is 0 Å². The van der Waals surface area contributed by atoms with Crippen molar-refractivity contribution in [2.24, 2.45) is 5.92 Å². The van der Waals surface area contributed by atoms with Crippen LogP contribution in [0.4, 0.5) is 5.69 Å². The Morgan fingerprint density at radius 1 is 1.31 bits per heavy atom. The fourth-order valence-corrected chi connectivity index (χ4v) is 1.20. The van der Waals surface area contributed by atoms with E-state index < -0.39 is 0 Å². The highest BCUT2D eigenvalue weighted by Gasteiger charge is 1.96. The normalized spacial score (nSPS) is 11.2. The van der Waals surface area contributed by atoms with Crippen molar-refractivity contribution in [3.8, 4) is 0 Å². The Kier molecular flexibility index (Phi) is 5.88. The van der Waals surface area contributed by atoms with Crippen molar-refractivity contribution in [3.63, 3.8) is 0 Å². The fraction of sp³-hybridized carbons (Fsp3) is 0.727. The van der Waals surface area contributed by atoms with Gasteiger partial charge in [0, 0.05) is 12.8 Å². The van der Waals surface area contributed by atoms with Gasteiger partial charge in [-0.2, -0.15) is 5.10 Å². The molecule has 0 aliphatic heterocycles. The molecule has 0 saturated heterocycles. The zero-order valence-corrected chi connectivity index (χ0v) is 10.1. The van der Waals surface area contributed by atoms with Crippen LogP contribution in [0.1, 0.15) is 13.8 Å². The van der Waals surface area contributed by atoms with Crippen molar-refractivity contribution in [2.45, 2.75) is 20.4 Å². The summed E-state index contributed by atoms with van der Waals surface area (Å²) in [6.07, 6.45) is 3.42. The molecule has 0 spiro atoms. The van der Waals surface area contributed by atoms with E-state index in [1.807, 2.05) is 0 Å². The lowest BCUT2D eigenvalue weighted by atomic mass is 10.2. The van der Waals surface area contributed by atoms with E-state index in [-0.39, 0.29) is 0 Å². The number of ether oxygens (including phenoxy) is 2. The highest BCUT2D eigenvalue weighted by Crippen LogP contribution is 1.97. The lowest BCUT2D eigenvalue weighted by Gasteiger charge is -2.07. The van der Waals surface area contributed by atoms with Gasteiger partial charge in [-0.05, 0) is 5.92 Å². The first-order chi connectivity index (χ1) is 7.68. The van der Waals surface area contributed by atoms with Crippen molar-refractivity contribution < 1.29 is 9.47 Å². The van der Waals surface area contributed by atoms with Crippen LogP contribution in [-0.4, -0.2) is 36.2 Å². The maximum atomic E-state index is 5.53. The molecule has 5 nitrogen and oxygen atoms in total. The molecule has 0 fully saturated rings. The zero-order valence-electron chi connectivity index (χ0n) is 10.1. The summed E-state index contributed by atoms with van der Waals surface area (Å²) >= 11 is 0. The largest absolute Gasteiger partial charge is 0.396 e. The summed E-state index contributed by atoms with van der Waals surface area (Å²) < 4.78 is 12.6. The Morgan fingerprint density at radius 3 is 2.69 bits per heavy atom. The molecule has 92 valence electrons. The first kappa shape index (κ1) is 13.0. The van der Waals surface area contributed by atoms with Crippen molar-refractivity contribution in [1.29, 1.82) is 0 Å². The highest BCUT2D eigenvalue weighted by molar-refractivity contribution is 5.30. The standard InChI is InChI=1S/C11H21N3O2/c1-10(2)9-16-6-5-15-4-3-14-8-11(12)7-13-14/h7-8,10H,3-6,9,12H2,1-2H3. The minimum atomic E-state index is 0.576. The van der Waals surface area contributed by atoms with Crippen LogP contribution in [0.25, 0.3) is 0 Å². The van der Waals surface area contributed by atoms with Crippen molar-refractivity contribution in [2.75, 3.05) is 32.2 Å². The molecule has 2 N–H and O–H groups in total. The van der Waals surface area contributed by atoms with Gasteiger partial charge in [0.1, 0.15) is 0 Å². The first-order valence-corrected chi connectivity index (χ1v) is 5.62. The third-order valence-corrected chi connectivity index (χ3v) is 1.94. The van der Waals surface area contributed by atoms with Gasteiger partial charge in [-0.25, -0.2) is 0 Å². The van der Waals surface area contributed by atoms with E-state index in [1.54, 1.807) is 17.1 Å². The number of hydrogen-bond donors (Lipinski definition) is 1. The third kappa shape index (κ3) is 5.72. The zero-order chi connectivity index (χ0) is 11.8. The molecule has 0 radical (unpaired) electrons. The summed E-state index contributed by atoms with van der Waals surface area (Å²) in [5.41, 5.74) is 6.21. The number of hydrogen-bond acceptors (Lipinski definition) is 4. The van der Waals surface area contributed by atoms with Gasteiger partial charge in [-0.3, -0.25) is 4.68 Å². The summed E-state index contributed by atoms with van der Waals surface area (Å²) in [7, 11) is 0. The Hall–Kier alpha value is -1.07. The predicted molar refractivity (Wildman–Crippen MR) is 63.1 cm³/mol. The smallest absolute Gasteiger partial charge is 0.0719 e. The van der Waals surface area contributed by atoms with E-state index in [0.717, 1.165) is 13.2 Å². The number of rotatable bonds is 8. The van der Waals surface area contributed by atoms with E-state index in [9.17, 15) is 0 Å². The molecule has 1 rings (SSSR count). The topological polar surface area (TPSA) is 62.3 Å². The van der Waals surface area contributed by atoms with E-state index in [1.165, 1.54) is 0 Å². The average Bonchev–Trinajstić information content (AvgIpc) is 2.62. The lowest BCUT2D eigenvalue weighted by Crippen LogP contribution is -2.12. The van der Waals surface area contributed by atoms with Gasteiger partial charge in [0.2, 0.25) is 0 Å². The van der Waals surface area contributed by atoms with Gasteiger partial charge in [0.25, 0.3) is 0 Å². The summed E-state index contributed by atoms with van der Waals surface area (Å²) in [6.45, 7) is 7.68. The van der Waals surface area contributed by atoms with Crippen LogP contribution >= 0.6 is 0 Å². The molecule has 0 amide bonds. The van der Waals surface area contributed by atoms with Crippen LogP contribution in [0, 0.1) is 5.92 Å². The number of aromatic nitrogens is 2. The van der Waals surface area contributed by atoms with Crippen LogP contribution in [0.2, 0.25) is 0 Å². The van der Waals surface area contributed by atoms with Gasteiger partial charge in [-0.1, -0.05) is 13.8 Å². The minimum Gasteiger partial charge on any atom is -0.396 e. The van der Waals surface area contributed by atoms with Crippen LogP contribution in [0.15, 0.2) is 12.4 Å². The molecule has 0 unspecified atom stereocenters. The van der Waals surface area contributed by atoms with E-state index >= 15 is 0 Å². The Labute approximate surface area is 96.5 Å². The molecule has 1 heterocycles. The summed E-state index contributed by atoms with van der Waals surface area (Å²) in [5.74, 6) is 0.576. The predicted octanol–water partition coefficient (Wildman–Crippen LogP) is 1.15. The molecule has 1 aromatic rings. The fourth-order valence-electron chi connectivity index (χ4n) is 1.20. The van der Waals surface area contributed by atoms with Gasteiger partial charge in [0.15, 0.2) is 0 Å². The Morgan fingerprint density at radius 2 is 2.06 bits per heavy atom. The Bertz CT molecular complexity index is 287. The molecule has 0 saturated carbocycles. The van der Waals surface area contributed by atoms with E-state index in [4.69, 9.17) is 15.2 Å². The van der Waals surface area contributed by atoms with Crippen molar-refractivity contribution in [1.82, 2.24) is 9.78 Å². The number of nitrogens with zero attached hydrogens (tertiary/aromatic N) is 2.